The first kappa shape index (κ1) is 16.4. The van der Waals surface area contributed by atoms with Crippen molar-refractivity contribution in [3.63, 3.8) is 0 Å². The fraction of sp³-hybridized carbons (Fsp3) is 0.500. The first-order valence-corrected chi connectivity index (χ1v) is 6.59. The third-order valence-electron chi connectivity index (χ3n) is 3.02. The van der Waals surface area contributed by atoms with Crippen molar-refractivity contribution in [2.24, 2.45) is 0 Å². The van der Waals surface area contributed by atoms with Crippen LogP contribution in [0.1, 0.15) is 24.2 Å². The number of hydrogen-bond donors (Lipinski definition) is 2. The Labute approximate surface area is 117 Å². The number of aliphatic hydroxyl groups is 1. The van der Waals surface area contributed by atoms with E-state index in [1.54, 1.807) is 12.1 Å². The van der Waals surface area contributed by atoms with Crippen molar-refractivity contribution in [3.8, 4) is 0 Å². The molecule has 1 amide bonds. The van der Waals surface area contributed by atoms with Gasteiger partial charge in [0.05, 0.1) is 0 Å². The summed E-state index contributed by atoms with van der Waals surface area (Å²) in [5, 5.41) is 11.2. The number of nitrogens with zero attached hydrogens (tertiary/aromatic N) is 1. The lowest BCUT2D eigenvalue weighted by Crippen LogP contribution is -2.35. The molecule has 1 aromatic rings. The molecule has 0 fully saturated rings. The average molecular weight is 286 g/mol. The van der Waals surface area contributed by atoms with Gasteiger partial charge in [-0.05, 0) is 38.1 Å². The Hall–Kier alpha value is -1.69. The maximum atomic E-state index is 12.1. The molecule has 0 radical (unpaired) electrons. The number of nitrogens with one attached hydrogen (secondary N) is 1. The Bertz CT molecular complexity index is 420. The zero-order chi connectivity index (χ0) is 15.1. The average Bonchev–Trinajstić information content (AvgIpc) is 2.46. The highest BCUT2D eigenvalue weighted by Crippen LogP contribution is 2.14. The van der Waals surface area contributed by atoms with Gasteiger partial charge in [0.1, 0.15) is 6.10 Å². The second-order valence-electron chi connectivity index (χ2n) is 4.33. The van der Waals surface area contributed by atoms with Crippen LogP contribution in [-0.2, 0) is 0 Å². The topological polar surface area (TPSA) is 52.6 Å². The number of anilines is 1. The number of alkyl halides is 2. The molecule has 2 N–H and O–H groups in total. The van der Waals surface area contributed by atoms with E-state index in [1.165, 1.54) is 0 Å². The first-order chi connectivity index (χ1) is 9.49. The third-order valence-corrected chi connectivity index (χ3v) is 3.02. The minimum absolute atomic E-state index is 0.377. The summed E-state index contributed by atoms with van der Waals surface area (Å²) in [5.74, 6) is -0.476. The Morgan fingerprint density at radius 1 is 1.25 bits per heavy atom. The van der Waals surface area contributed by atoms with Crippen LogP contribution in [0.5, 0.6) is 0 Å². The predicted octanol–water partition coefficient (Wildman–Crippen LogP) is 1.89. The molecule has 0 spiro atoms. The quantitative estimate of drug-likeness (QED) is 0.805. The van der Waals surface area contributed by atoms with E-state index in [4.69, 9.17) is 5.11 Å². The highest BCUT2D eigenvalue weighted by molar-refractivity contribution is 5.94. The Morgan fingerprint density at radius 2 is 1.80 bits per heavy atom. The van der Waals surface area contributed by atoms with Crippen LogP contribution in [0.3, 0.4) is 0 Å². The highest BCUT2D eigenvalue weighted by Gasteiger charge is 2.17. The number of halogens is 2. The number of aliphatic hydroxyl groups excluding tert-OH is 1. The van der Waals surface area contributed by atoms with Crippen molar-refractivity contribution in [2.45, 2.75) is 26.4 Å². The lowest BCUT2D eigenvalue weighted by molar-refractivity contribution is -0.00270. The Morgan fingerprint density at radius 3 is 2.25 bits per heavy atom. The molecule has 1 unspecified atom stereocenters. The summed E-state index contributed by atoms with van der Waals surface area (Å²) in [6.07, 6.45) is -4.70. The van der Waals surface area contributed by atoms with E-state index in [9.17, 15) is 13.6 Å². The smallest absolute Gasteiger partial charge is 0.265 e. The molecule has 0 aliphatic carbocycles. The fourth-order valence-corrected chi connectivity index (χ4v) is 1.80. The Kier molecular flexibility index (Phi) is 6.38. The summed E-state index contributed by atoms with van der Waals surface area (Å²) in [4.78, 5) is 13.8. The maximum absolute atomic E-state index is 12.1. The van der Waals surface area contributed by atoms with Gasteiger partial charge in [-0.1, -0.05) is 0 Å². The molecule has 20 heavy (non-hydrogen) atoms. The van der Waals surface area contributed by atoms with Crippen molar-refractivity contribution in [1.82, 2.24) is 5.32 Å². The van der Waals surface area contributed by atoms with E-state index in [0.717, 1.165) is 18.8 Å². The number of rotatable bonds is 7. The van der Waals surface area contributed by atoms with Crippen LogP contribution in [0.25, 0.3) is 0 Å². The van der Waals surface area contributed by atoms with Crippen LogP contribution < -0.4 is 10.2 Å². The van der Waals surface area contributed by atoms with Gasteiger partial charge in [0.15, 0.2) is 0 Å². The van der Waals surface area contributed by atoms with Gasteiger partial charge in [0, 0.05) is 30.9 Å². The standard InChI is InChI=1S/C14H20F2N2O2/c1-3-18(4-2)11-7-5-10(6-8-11)14(20)17-9-12(19)13(15)16/h5-8,12-13,19H,3-4,9H2,1-2H3,(H,17,20). The summed E-state index contributed by atoms with van der Waals surface area (Å²) in [7, 11) is 0. The van der Waals surface area contributed by atoms with Gasteiger partial charge in [-0.2, -0.15) is 0 Å². The summed E-state index contributed by atoms with van der Waals surface area (Å²) >= 11 is 0. The van der Waals surface area contributed by atoms with Gasteiger partial charge in [-0.3, -0.25) is 4.79 Å². The summed E-state index contributed by atoms with van der Waals surface area (Å²) in [6, 6.07) is 6.90. The molecule has 6 heteroatoms. The van der Waals surface area contributed by atoms with Crippen LogP contribution in [0.4, 0.5) is 14.5 Å². The number of amides is 1. The van der Waals surface area contributed by atoms with Crippen molar-refractivity contribution in [1.29, 1.82) is 0 Å². The van der Waals surface area contributed by atoms with E-state index < -0.39 is 25.0 Å². The molecular weight excluding hydrogens is 266 g/mol. The largest absolute Gasteiger partial charge is 0.385 e. The van der Waals surface area contributed by atoms with Gasteiger partial charge >= 0.3 is 0 Å². The first-order valence-electron chi connectivity index (χ1n) is 6.59. The molecule has 0 saturated carbocycles. The second kappa shape index (κ2) is 7.79. The highest BCUT2D eigenvalue weighted by atomic mass is 19.3. The number of hydrogen-bond acceptors (Lipinski definition) is 3. The van der Waals surface area contributed by atoms with Gasteiger partial charge < -0.3 is 15.3 Å². The molecule has 1 atom stereocenters. The van der Waals surface area contributed by atoms with E-state index >= 15 is 0 Å². The second-order valence-corrected chi connectivity index (χ2v) is 4.33. The molecule has 4 nitrogen and oxygen atoms in total. The molecule has 1 rings (SSSR count). The van der Waals surface area contributed by atoms with E-state index in [-0.39, 0.29) is 0 Å². The molecule has 0 aliphatic heterocycles. The van der Waals surface area contributed by atoms with Crippen molar-refractivity contribution in [2.75, 3.05) is 24.5 Å². The zero-order valence-electron chi connectivity index (χ0n) is 11.6. The fourth-order valence-electron chi connectivity index (χ4n) is 1.80. The van der Waals surface area contributed by atoms with Gasteiger partial charge in [-0.15, -0.1) is 0 Å². The van der Waals surface area contributed by atoms with Crippen LogP contribution in [0.15, 0.2) is 24.3 Å². The van der Waals surface area contributed by atoms with Gasteiger partial charge in [-0.25, -0.2) is 8.78 Å². The van der Waals surface area contributed by atoms with E-state index in [0.29, 0.717) is 5.56 Å². The van der Waals surface area contributed by atoms with Crippen molar-refractivity contribution < 1.29 is 18.7 Å². The minimum Gasteiger partial charge on any atom is -0.385 e. The maximum Gasteiger partial charge on any atom is 0.265 e. The molecule has 0 heterocycles. The van der Waals surface area contributed by atoms with E-state index in [2.05, 4.69) is 10.2 Å². The SMILES string of the molecule is CCN(CC)c1ccc(C(=O)NCC(O)C(F)F)cc1. The molecule has 1 aromatic carbocycles. The van der Waals surface area contributed by atoms with Crippen LogP contribution in [0, 0.1) is 0 Å². The third kappa shape index (κ3) is 4.45. The molecule has 0 aliphatic rings. The lowest BCUT2D eigenvalue weighted by Gasteiger charge is -2.21. The minimum atomic E-state index is -2.86. The van der Waals surface area contributed by atoms with Crippen molar-refractivity contribution in [3.05, 3.63) is 29.8 Å². The number of carbonyl (C=O) groups excluding carboxylic acids is 1. The number of benzene rings is 1. The van der Waals surface area contributed by atoms with Crippen LogP contribution in [-0.4, -0.2) is 43.2 Å². The zero-order valence-corrected chi connectivity index (χ0v) is 11.6. The molecular formula is C14H20F2N2O2. The molecule has 112 valence electrons. The molecule has 0 saturated heterocycles. The Balaban J connectivity index is 2.62. The monoisotopic (exact) mass is 286 g/mol. The van der Waals surface area contributed by atoms with Gasteiger partial charge in [0.2, 0.25) is 0 Å². The van der Waals surface area contributed by atoms with E-state index in [1.807, 2.05) is 26.0 Å². The summed E-state index contributed by atoms with van der Waals surface area (Å²) in [5.41, 5.74) is 1.38. The molecule has 0 bridgehead atoms. The lowest BCUT2D eigenvalue weighted by atomic mass is 10.1. The van der Waals surface area contributed by atoms with Crippen LogP contribution >= 0.6 is 0 Å². The number of carbonyl (C=O) groups is 1. The normalized spacial score (nSPS) is 12.3. The summed E-state index contributed by atoms with van der Waals surface area (Å²) in [6.45, 7) is 5.34. The molecule has 0 aromatic heterocycles. The van der Waals surface area contributed by atoms with Crippen LogP contribution in [0.2, 0.25) is 0 Å². The van der Waals surface area contributed by atoms with Crippen molar-refractivity contribution >= 4 is 11.6 Å². The summed E-state index contributed by atoms with van der Waals surface area (Å²) < 4.78 is 24.2. The van der Waals surface area contributed by atoms with Gasteiger partial charge in [0.25, 0.3) is 12.3 Å². The predicted molar refractivity (Wildman–Crippen MR) is 74.3 cm³/mol.